The van der Waals surface area contributed by atoms with Gasteiger partial charge in [0.2, 0.25) is 0 Å². The number of hydrogen-bond donors (Lipinski definition) is 1. The fraction of sp³-hybridized carbons (Fsp3) is 0.300. The van der Waals surface area contributed by atoms with Gasteiger partial charge >= 0.3 is 0 Å². The number of methoxy groups -OCH3 is 1. The van der Waals surface area contributed by atoms with Gasteiger partial charge in [0.25, 0.3) is 0 Å². The molecule has 76 valence electrons. The van der Waals surface area contributed by atoms with E-state index in [0.717, 1.165) is 0 Å². The minimum Gasteiger partial charge on any atom is -0.508 e. The number of hydrogen-bond acceptors (Lipinski definition) is 3. The third-order valence-electron chi connectivity index (χ3n) is 1.86. The average Bonchev–Trinajstić information content (AvgIpc) is 2.17. The molecule has 14 heavy (non-hydrogen) atoms. The lowest BCUT2D eigenvalue weighted by atomic mass is 10.1. The van der Waals surface area contributed by atoms with E-state index in [-0.39, 0.29) is 11.5 Å². The molecule has 1 unspecified atom stereocenters. The van der Waals surface area contributed by atoms with Crippen LogP contribution >= 0.6 is 11.6 Å². The van der Waals surface area contributed by atoms with E-state index >= 15 is 0 Å². The van der Waals surface area contributed by atoms with Gasteiger partial charge in [0.15, 0.2) is 5.78 Å². The average molecular weight is 215 g/mol. The Hall–Kier alpha value is -1.22. The standard InChI is InChI=1S/C10H11ClO3/c1-6(12)10(11)8-5-7(14-2)3-4-9(8)13/h3-5,10,13H,1-2H3. The van der Waals surface area contributed by atoms with E-state index in [2.05, 4.69) is 0 Å². The van der Waals surface area contributed by atoms with Gasteiger partial charge in [-0.05, 0) is 25.1 Å². The Morgan fingerprint density at radius 2 is 2.21 bits per heavy atom. The minimum atomic E-state index is -0.829. The number of carbonyl (C=O) groups excluding carboxylic acids is 1. The molecule has 1 aromatic rings. The van der Waals surface area contributed by atoms with Crippen molar-refractivity contribution in [1.29, 1.82) is 0 Å². The number of Topliss-reactive ketones (excluding diaryl/α,β-unsaturated/α-hetero) is 1. The number of rotatable bonds is 3. The van der Waals surface area contributed by atoms with E-state index in [4.69, 9.17) is 16.3 Å². The number of aromatic hydroxyl groups is 1. The number of carbonyl (C=O) groups is 1. The second-order valence-electron chi connectivity index (χ2n) is 2.90. The molecule has 0 spiro atoms. The van der Waals surface area contributed by atoms with Crippen molar-refractivity contribution < 1.29 is 14.6 Å². The van der Waals surface area contributed by atoms with Gasteiger partial charge in [-0.3, -0.25) is 4.79 Å². The molecule has 1 atom stereocenters. The molecule has 0 aromatic heterocycles. The van der Waals surface area contributed by atoms with Crippen molar-refractivity contribution in [3.63, 3.8) is 0 Å². The van der Waals surface area contributed by atoms with Crippen molar-refractivity contribution in [2.45, 2.75) is 12.3 Å². The second kappa shape index (κ2) is 4.33. The van der Waals surface area contributed by atoms with E-state index in [1.54, 1.807) is 12.1 Å². The Morgan fingerprint density at radius 3 is 2.71 bits per heavy atom. The highest BCUT2D eigenvalue weighted by molar-refractivity contribution is 6.31. The van der Waals surface area contributed by atoms with Gasteiger partial charge < -0.3 is 9.84 Å². The number of ketones is 1. The maximum absolute atomic E-state index is 11.0. The second-order valence-corrected chi connectivity index (χ2v) is 3.33. The Kier molecular flexibility index (Phi) is 3.36. The number of halogens is 1. The van der Waals surface area contributed by atoms with Crippen LogP contribution in [-0.2, 0) is 4.79 Å². The van der Waals surface area contributed by atoms with Crippen molar-refractivity contribution in [1.82, 2.24) is 0 Å². The van der Waals surface area contributed by atoms with Crippen LogP contribution in [0, 0.1) is 0 Å². The van der Waals surface area contributed by atoms with E-state index in [9.17, 15) is 9.90 Å². The molecule has 3 nitrogen and oxygen atoms in total. The van der Waals surface area contributed by atoms with Crippen LogP contribution in [0.4, 0.5) is 0 Å². The van der Waals surface area contributed by atoms with Gasteiger partial charge in [-0.15, -0.1) is 11.6 Å². The number of benzene rings is 1. The molecule has 0 fully saturated rings. The summed E-state index contributed by atoms with van der Waals surface area (Å²) in [5, 5.41) is 8.63. The molecule has 1 rings (SSSR count). The SMILES string of the molecule is COc1ccc(O)c(C(Cl)C(C)=O)c1. The molecule has 0 aliphatic rings. The Labute approximate surface area is 87.3 Å². The summed E-state index contributed by atoms with van der Waals surface area (Å²) in [6, 6.07) is 4.60. The van der Waals surface area contributed by atoms with E-state index in [1.165, 1.54) is 20.1 Å². The van der Waals surface area contributed by atoms with Gasteiger partial charge in [-0.25, -0.2) is 0 Å². The quantitative estimate of drug-likeness (QED) is 0.786. The first-order chi connectivity index (χ1) is 6.56. The van der Waals surface area contributed by atoms with Crippen LogP contribution in [0.1, 0.15) is 17.9 Å². The number of alkyl halides is 1. The summed E-state index contributed by atoms with van der Waals surface area (Å²) < 4.78 is 4.96. The van der Waals surface area contributed by atoms with Gasteiger partial charge in [0, 0.05) is 5.56 Å². The zero-order valence-electron chi connectivity index (χ0n) is 7.95. The molecule has 1 aromatic carbocycles. The van der Waals surface area contributed by atoms with Crippen molar-refractivity contribution in [3.8, 4) is 11.5 Å². The number of ether oxygens (including phenoxy) is 1. The zero-order chi connectivity index (χ0) is 10.7. The third kappa shape index (κ3) is 2.17. The molecule has 0 amide bonds. The molecular formula is C10H11ClO3. The van der Waals surface area contributed by atoms with Crippen molar-refractivity contribution in [2.24, 2.45) is 0 Å². The summed E-state index contributed by atoms with van der Waals surface area (Å²) in [6.07, 6.45) is 0. The summed E-state index contributed by atoms with van der Waals surface area (Å²) in [7, 11) is 1.51. The molecule has 0 aliphatic heterocycles. The molecule has 1 N–H and O–H groups in total. The van der Waals surface area contributed by atoms with E-state index in [0.29, 0.717) is 11.3 Å². The monoisotopic (exact) mass is 214 g/mol. The molecule has 0 saturated carbocycles. The fourth-order valence-corrected chi connectivity index (χ4v) is 1.26. The molecule has 4 heteroatoms. The van der Waals surface area contributed by atoms with Crippen LogP contribution in [0.5, 0.6) is 11.5 Å². The van der Waals surface area contributed by atoms with Gasteiger partial charge in [-0.2, -0.15) is 0 Å². The highest BCUT2D eigenvalue weighted by Crippen LogP contribution is 2.32. The summed E-state index contributed by atoms with van der Waals surface area (Å²) >= 11 is 5.81. The largest absolute Gasteiger partial charge is 0.508 e. The van der Waals surface area contributed by atoms with E-state index in [1.807, 2.05) is 0 Å². The predicted octanol–water partition coefficient (Wildman–Crippen LogP) is 2.27. The zero-order valence-corrected chi connectivity index (χ0v) is 8.71. The molecule has 0 aliphatic carbocycles. The number of phenols is 1. The van der Waals surface area contributed by atoms with Crippen LogP contribution in [0.15, 0.2) is 18.2 Å². The summed E-state index contributed by atoms with van der Waals surface area (Å²) in [5.41, 5.74) is 0.374. The normalized spacial score (nSPS) is 12.2. The van der Waals surface area contributed by atoms with Crippen molar-refractivity contribution in [3.05, 3.63) is 23.8 Å². The summed E-state index contributed by atoms with van der Waals surface area (Å²) in [4.78, 5) is 11.0. The lowest BCUT2D eigenvalue weighted by molar-refractivity contribution is -0.116. The topological polar surface area (TPSA) is 46.5 Å². The summed E-state index contributed by atoms with van der Waals surface area (Å²) in [6.45, 7) is 1.37. The van der Waals surface area contributed by atoms with E-state index < -0.39 is 5.38 Å². The van der Waals surface area contributed by atoms with Crippen LogP contribution in [-0.4, -0.2) is 18.0 Å². The van der Waals surface area contributed by atoms with Crippen molar-refractivity contribution >= 4 is 17.4 Å². The Morgan fingerprint density at radius 1 is 1.57 bits per heavy atom. The first kappa shape index (κ1) is 10.9. The maximum Gasteiger partial charge on any atom is 0.152 e. The summed E-state index contributed by atoms with van der Waals surface area (Å²) in [5.74, 6) is 0.348. The van der Waals surface area contributed by atoms with Crippen LogP contribution in [0.25, 0.3) is 0 Å². The maximum atomic E-state index is 11.0. The first-order valence-corrected chi connectivity index (χ1v) is 4.51. The third-order valence-corrected chi connectivity index (χ3v) is 2.41. The smallest absolute Gasteiger partial charge is 0.152 e. The van der Waals surface area contributed by atoms with Crippen LogP contribution in [0.2, 0.25) is 0 Å². The lowest BCUT2D eigenvalue weighted by Gasteiger charge is -2.09. The minimum absolute atomic E-state index is 0.000926. The number of phenolic OH excluding ortho intramolecular Hbond substituents is 1. The van der Waals surface area contributed by atoms with Crippen LogP contribution < -0.4 is 4.74 Å². The predicted molar refractivity (Wildman–Crippen MR) is 53.9 cm³/mol. The molecular weight excluding hydrogens is 204 g/mol. The first-order valence-electron chi connectivity index (χ1n) is 4.07. The van der Waals surface area contributed by atoms with Crippen molar-refractivity contribution in [2.75, 3.05) is 7.11 Å². The Balaban J connectivity index is 3.11. The highest BCUT2D eigenvalue weighted by Gasteiger charge is 2.17. The van der Waals surface area contributed by atoms with Gasteiger partial charge in [-0.1, -0.05) is 0 Å². The Bertz CT molecular complexity index is 349. The lowest BCUT2D eigenvalue weighted by Crippen LogP contribution is -2.02. The molecule has 0 heterocycles. The molecule has 0 saturated heterocycles. The van der Waals surface area contributed by atoms with Gasteiger partial charge in [0.05, 0.1) is 7.11 Å². The van der Waals surface area contributed by atoms with Gasteiger partial charge in [0.1, 0.15) is 16.9 Å². The van der Waals surface area contributed by atoms with Crippen LogP contribution in [0.3, 0.4) is 0 Å². The highest BCUT2D eigenvalue weighted by atomic mass is 35.5. The molecule has 0 radical (unpaired) electrons. The molecule has 0 bridgehead atoms. The fourth-order valence-electron chi connectivity index (χ4n) is 1.08.